The first-order chi connectivity index (χ1) is 16.6. The van der Waals surface area contributed by atoms with Gasteiger partial charge in [0.25, 0.3) is 5.56 Å². The average Bonchev–Trinajstić information content (AvgIpc) is 3.41. The van der Waals surface area contributed by atoms with Gasteiger partial charge in [0, 0.05) is 71.5 Å². The molecule has 2 aromatic carbocycles. The second-order valence-electron chi connectivity index (χ2n) is 10.0. The van der Waals surface area contributed by atoms with Crippen LogP contribution in [-0.4, -0.2) is 27.1 Å². The van der Waals surface area contributed by atoms with Gasteiger partial charge in [0.05, 0.1) is 5.56 Å². The zero-order valence-electron chi connectivity index (χ0n) is 19.3. The molecule has 170 valence electrons. The van der Waals surface area contributed by atoms with Gasteiger partial charge in [0.15, 0.2) is 0 Å². The summed E-state index contributed by atoms with van der Waals surface area (Å²) in [5.74, 6) is 0.947. The van der Waals surface area contributed by atoms with Crippen LogP contribution in [0.2, 0.25) is 0 Å². The van der Waals surface area contributed by atoms with Crippen molar-refractivity contribution in [1.29, 1.82) is 0 Å². The minimum Gasteiger partial charge on any atom is -0.350 e. The predicted molar refractivity (Wildman–Crippen MR) is 141 cm³/mol. The molecule has 34 heavy (non-hydrogen) atoms. The molecule has 0 aliphatic carbocycles. The van der Waals surface area contributed by atoms with Gasteiger partial charge in [-0.15, -0.1) is 11.3 Å². The molecule has 1 saturated heterocycles. The van der Waals surface area contributed by atoms with Crippen molar-refractivity contribution in [2.24, 2.45) is 13.0 Å². The van der Waals surface area contributed by atoms with Crippen LogP contribution in [0, 0.1) is 5.92 Å². The summed E-state index contributed by atoms with van der Waals surface area (Å²) < 4.78 is 5.56. The number of fused-ring (bicyclic) bond motifs is 6. The van der Waals surface area contributed by atoms with E-state index in [0.29, 0.717) is 11.8 Å². The lowest BCUT2D eigenvalue weighted by Gasteiger charge is -2.43. The Morgan fingerprint density at radius 1 is 0.971 bits per heavy atom. The lowest BCUT2D eigenvalue weighted by Crippen LogP contribution is -2.46. The normalized spacial score (nSPS) is 20.1. The SMILES string of the molecule is Cn1cc(CN2CC3CC(C2)c2ccc(-c4cc5ccccc5s4)c(=O)n2C3)c2ccccc21. The quantitative estimate of drug-likeness (QED) is 0.335. The monoisotopic (exact) mass is 465 g/mol. The van der Waals surface area contributed by atoms with E-state index in [2.05, 4.69) is 94.0 Å². The van der Waals surface area contributed by atoms with Crippen molar-refractivity contribution in [1.82, 2.24) is 14.0 Å². The molecule has 1 fully saturated rings. The molecule has 0 spiro atoms. The molecular formula is C29H27N3OS. The highest BCUT2D eigenvalue weighted by Crippen LogP contribution is 2.38. The summed E-state index contributed by atoms with van der Waals surface area (Å²) in [7, 11) is 2.13. The van der Waals surface area contributed by atoms with Crippen LogP contribution in [0.15, 0.2) is 77.7 Å². The largest absolute Gasteiger partial charge is 0.350 e. The maximum absolute atomic E-state index is 13.6. The molecule has 2 bridgehead atoms. The molecule has 2 unspecified atom stereocenters. The number of thiophene rings is 1. The molecule has 5 heteroatoms. The number of benzene rings is 2. The number of rotatable bonds is 3. The zero-order valence-corrected chi connectivity index (χ0v) is 20.1. The van der Waals surface area contributed by atoms with Gasteiger partial charge in [-0.05, 0) is 53.6 Å². The molecule has 0 N–H and O–H groups in total. The summed E-state index contributed by atoms with van der Waals surface area (Å²) >= 11 is 1.72. The molecule has 0 amide bonds. The summed E-state index contributed by atoms with van der Waals surface area (Å²) in [4.78, 5) is 17.3. The topological polar surface area (TPSA) is 30.2 Å². The number of para-hydroxylation sites is 1. The zero-order chi connectivity index (χ0) is 22.8. The van der Waals surface area contributed by atoms with Crippen LogP contribution < -0.4 is 5.56 Å². The Hall–Kier alpha value is -3.15. The molecule has 5 aromatic rings. The van der Waals surface area contributed by atoms with Crippen LogP contribution in [0.1, 0.15) is 23.6 Å². The van der Waals surface area contributed by atoms with E-state index in [1.165, 1.54) is 38.7 Å². The number of nitrogens with zero attached hydrogens (tertiary/aromatic N) is 3. The second kappa shape index (κ2) is 7.69. The maximum Gasteiger partial charge on any atom is 0.259 e. The number of aryl methyl sites for hydroxylation is 1. The Labute approximate surface area is 202 Å². The average molecular weight is 466 g/mol. The molecule has 2 atom stereocenters. The Morgan fingerprint density at radius 3 is 2.74 bits per heavy atom. The number of hydrogen-bond acceptors (Lipinski definition) is 3. The van der Waals surface area contributed by atoms with E-state index in [1.54, 1.807) is 11.3 Å². The van der Waals surface area contributed by atoms with Crippen molar-refractivity contribution in [3.8, 4) is 10.4 Å². The van der Waals surface area contributed by atoms with Crippen LogP contribution in [0.5, 0.6) is 0 Å². The minimum atomic E-state index is 0.182. The van der Waals surface area contributed by atoms with Crippen molar-refractivity contribution in [3.05, 3.63) is 94.5 Å². The number of pyridine rings is 1. The minimum absolute atomic E-state index is 0.182. The molecule has 2 aliphatic rings. The van der Waals surface area contributed by atoms with Gasteiger partial charge in [-0.2, -0.15) is 0 Å². The summed E-state index contributed by atoms with van der Waals surface area (Å²) in [6, 6.07) is 23.5. The lowest BCUT2D eigenvalue weighted by molar-refractivity contribution is 0.115. The fourth-order valence-electron chi connectivity index (χ4n) is 6.27. The second-order valence-corrected chi connectivity index (χ2v) is 11.1. The molecule has 0 radical (unpaired) electrons. The lowest BCUT2D eigenvalue weighted by atomic mass is 9.82. The summed E-state index contributed by atoms with van der Waals surface area (Å²) in [6.45, 7) is 3.87. The highest BCUT2D eigenvalue weighted by atomic mass is 32.1. The number of likely N-dealkylation sites (tertiary alicyclic amines) is 1. The molecule has 5 heterocycles. The number of hydrogen-bond donors (Lipinski definition) is 0. The Morgan fingerprint density at radius 2 is 1.82 bits per heavy atom. The van der Waals surface area contributed by atoms with Crippen LogP contribution in [0.3, 0.4) is 0 Å². The Balaban J connectivity index is 1.20. The third kappa shape index (κ3) is 3.18. The van der Waals surface area contributed by atoms with Crippen LogP contribution in [-0.2, 0) is 20.1 Å². The van der Waals surface area contributed by atoms with Crippen molar-refractivity contribution >= 4 is 32.3 Å². The summed E-state index contributed by atoms with van der Waals surface area (Å²) in [5, 5.41) is 2.57. The fourth-order valence-corrected chi connectivity index (χ4v) is 7.35. The van der Waals surface area contributed by atoms with E-state index in [-0.39, 0.29) is 5.56 Å². The first-order valence-corrected chi connectivity index (χ1v) is 12.9. The van der Waals surface area contributed by atoms with E-state index in [9.17, 15) is 4.79 Å². The van der Waals surface area contributed by atoms with Gasteiger partial charge in [-0.3, -0.25) is 9.69 Å². The molecule has 3 aromatic heterocycles. The first-order valence-electron chi connectivity index (χ1n) is 12.1. The highest BCUT2D eigenvalue weighted by Gasteiger charge is 2.35. The van der Waals surface area contributed by atoms with E-state index in [0.717, 1.165) is 36.6 Å². The molecule has 2 aliphatic heterocycles. The van der Waals surface area contributed by atoms with E-state index in [4.69, 9.17) is 0 Å². The van der Waals surface area contributed by atoms with Gasteiger partial charge in [-0.1, -0.05) is 36.4 Å². The van der Waals surface area contributed by atoms with Gasteiger partial charge in [0.1, 0.15) is 0 Å². The van der Waals surface area contributed by atoms with Crippen LogP contribution in [0.25, 0.3) is 31.4 Å². The summed E-state index contributed by atoms with van der Waals surface area (Å²) in [5.41, 5.74) is 4.93. The van der Waals surface area contributed by atoms with Crippen molar-refractivity contribution in [3.63, 3.8) is 0 Å². The van der Waals surface area contributed by atoms with E-state index < -0.39 is 0 Å². The smallest absolute Gasteiger partial charge is 0.259 e. The molecule has 4 nitrogen and oxygen atoms in total. The van der Waals surface area contributed by atoms with Crippen LogP contribution in [0.4, 0.5) is 0 Å². The van der Waals surface area contributed by atoms with E-state index >= 15 is 0 Å². The van der Waals surface area contributed by atoms with Gasteiger partial charge in [-0.25, -0.2) is 0 Å². The van der Waals surface area contributed by atoms with Gasteiger partial charge in [0.2, 0.25) is 0 Å². The molecular weight excluding hydrogens is 438 g/mol. The number of piperidine rings is 1. The predicted octanol–water partition coefficient (Wildman–Crippen LogP) is 5.84. The highest BCUT2D eigenvalue weighted by molar-refractivity contribution is 7.22. The van der Waals surface area contributed by atoms with Gasteiger partial charge >= 0.3 is 0 Å². The maximum atomic E-state index is 13.6. The van der Waals surface area contributed by atoms with E-state index in [1.807, 2.05) is 0 Å². The van der Waals surface area contributed by atoms with Crippen LogP contribution >= 0.6 is 11.3 Å². The standard InChI is InChI=1S/C29H27N3OS/c1-30-16-22(23-7-3-4-8-26(23)30)18-31-14-19-12-21(17-31)25-11-10-24(29(33)32(25)15-19)28-13-20-6-2-5-9-27(20)34-28/h2-11,13,16,19,21H,12,14-15,17-18H2,1H3. The first kappa shape index (κ1) is 20.2. The van der Waals surface area contributed by atoms with Crippen molar-refractivity contribution in [2.45, 2.75) is 25.4 Å². The Kier molecular flexibility index (Phi) is 4.58. The third-order valence-electron chi connectivity index (χ3n) is 7.74. The molecule has 0 saturated carbocycles. The third-order valence-corrected chi connectivity index (χ3v) is 8.89. The Bertz CT molecular complexity index is 1570. The van der Waals surface area contributed by atoms with Crippen molar-refractivity contribution < 1.29 is 0 Å². The fraction of sp³-hybridized carbons (Fsp3) is 0.276. The van der Waals surface area contributed by atoms with Gasteiger partial charge < -0.3 is 9.13 Å². The molecule has 7 rings (SSSR count). The van der Waals surface area contributed by atoms with Crippen molar-refractivity contribution in [2.75, 3.05) is 13.1 Å². The summed E-state index contributed by atoms with van der Waals surface area (Å²) in [6.07, 6.45) is 3.47. The number of aromatic nitrogens is 2.